The highest BCUT2D eigenvalue weighted by Crippen LogP contribution is 2.55. The van der Waals surface area contributed by atoms with Crippen molar-refractivity contribution in [1.82, 2.24) is 0 Å². The summed E-state index contributed by atoms with van der Waals surface area (Å²) in [5.74, 6) is 0. The van der Waals surface area contributed by atoms with Crippen LogP contribution < -0.4 is 4.90 Å². The normalized spacial score (nSPS) is 14.1. The first-order chi connectivity index (χ1) is 34.4. The molecule has 0 aliphatic heterocycles. The summed E-state index contributed by atoms with van der Waals surface area (Å²) in [6.07, 6.45) is 0. The van der Waals surface area contributed by atoms with Crippen LogP contribution in [0.2, 0.25) is 0 Å². The molecule has 0 unspecified atom stereocenters. The van der Waals surface area contributed by atoms with Gasteiger partial charge in [-0.1, -0.05) is 224 Å². The van der Waals surface area contributed by atoms with Gasteiger partial charge >= 0.3 is 0 Å². The fourth-order valence-electron chi connectivity index (χ4n) is 12.5. The number of nitrogens with zero attached hydrogens (tertiary/aromatic N) is 1. The Labute approximate surface area is 418 Å². The molecular weight excluding hydrogens is 855 g/mol. The van der Waals surface area contributed by atoms with E-state index in [0.717, 1.165) is 17.1 Å². The fourth-order valence-corrected chi connectivity index (χ4v) is 12.5. The van der Waals surface area contributed by atoms with E-state index in [1.54, 1.807) is 0 Å². The molecule has 11 aromatic rings. The van der Waals surface area contributed by atoms with Crippen molar-refractivity contribution in [2.24, 2.45) is 0 Å². The van der Waals surface area contributed by atoms with Crippen molar-refractivity contribution in [3.8, 4) is 55.6 Å². The third-order valence-corrected chi connectivity index (χ3v) is 16.2. The van der Waals surface area contributed by atoms with Gasteiger partial charge in [-0.3, -0.25) is 0 Å². The van der Waals surface area contributed by atoms with Crippen molar-refractivity contribution in [3.63, 3.8) is 0 Å². The number of fused-ring (bicyclic) bond motifs is 12. The summed E-state index contributed by atoms with van der Waals surface area (Å²) >= 11 is 0. The van der Waals surface area contributed by atoms with Gasteiger partial charge in [0.1, 0.15) is 0 Å². The maximum absolute atomic E-state index is 2.53. The zero-order chi connectivity index (χ0) is 48.4. The first kappa shape index (κ1) is 43.1. The molecule has 2 aliphatic rings. The Hall–Kier alpha value is -8.00. The average molecular weight is 912 g/mol. The molecule has 0 amide bonds. The lowest BCUT2D eigenvalue weighted by Crippen LogP contribution is -2.18. The second kappa shape index (κ2) is 15.8. The Balaban J connectivity index is 1.12. The van der Waals surface area contributed by atoms with E-state index in [1.165, 1.54) is 116 Å². The van der Waals surface area contributed by atoms with Crippen LogP contribution in [0.4, 0.5) is 17.1 Å². The molecule has 1 heteroatoms. The Morgan fingerprint density at radius 1 is 0.310 bits per heavy atom. The minimum Gasteiger partial charge on any atom is -0.310 e. The Bertz CT molecular complexity index is 3830. The number of anilines is 3. The molecule has 0 radical (unpaired) electrons. The van der Waals surface area contributed by atoms with Crippen LogP contribution in [0.5, 0.6) is 0 Å². The lowest BCUT2D eigenvalue weighted by Gasteiger charge is -2.30. The molecule has 342 valence electrons. The molecular formula is C70H57N. The summed E-state index contributed by atoms with van der Waals surface area (Å²) in [5.41, 5.74) is 22.6. The molecule has 1 nitrogen and oxygen atoms in total. The van der Waals surface area contributed by atoms with E-state index in [2.05, 4.69) is 272 Å². The summed E-state index contributed by atoms with van der Waals surface area (Å²) < 4.78 is 0. The van der Waals surface area contributed by atoms with Crippen LogP contribution in [0.3, 0.4) is 0 Å². The van der Waals surface area contributed by atoms with Crippen LogP contribution in [0.1, 0.15) is 76.3 Å². The van der Waals surface area contributed by atoms with E-state index in [0.29, 0.717) is 0 Å². The van der Waals surface area contributed by atoms with Crippen molar-refractivity contribution in [3.05, 3.63) is 246 Å². The largest absolute Gasteiger partial charge is 0.310 e. The van der Waals surface area contributed by atoms with E-state index in [-0.39, 0.29) is 16.2 Å². The summed E-state index contributed by atoms with van der Waals surface area (Å²) in [6.45, 7) is 16.4. The van der Waals surface area contributed by atoms with Gasteiger partial charge in [-0.2, -0.15) is 0 Å². The van der Waals surface area contributed by atoms with Gasteiger partial charge in [0.25, 0.3) is 0 Å². The second-order valence-corrected chi connectivity index (χ2v) is 22.1. The van der Waals surface area contributed by atoms with Gasteiger partial charge in [0, 0.05) is 27.9 Å². The average Bonchev–Trinajstić information content (AvgIpc) is 3.77. The molecule has 0 N–H and O–H groups in total. The molecule has 0 saturated carbocycles. The number of hydrogen-bond donors (Lipinski definition) is 0. The number of hydrogen-bond acceptors (Lipinski definition) is 1. The van der Waals surface area contributed by atoms with E-state index in [4.69, 9.17) is 0 Å². The van der Waals surface area contributed by atoms with Gasteiger partial charge in [-0.15, -0.1) is 0 Å². The summed E-state index contributed by atoms with van der Waals surface area (Å²) in [4.78, 5) is 2.53. The smallest absolute Gasteiger partial charge is 0.0468 e. The van der Waals surface area contributed by atoms with Crippen molar-refractivity contribution in [2.45, 2.75) is 64.7 Å². The maximum Gasteiger partial charge on any atom is 0.0468 e. The van der Waals surface area contributed by atoms with Crippen LogP contribution >= 0.6 is 0 Å². The van der Waals surface area contributed by atoms with Crippen molar-refractivity contribution in [2.75, 3.05) is 4.90 Å². The predicted octanol–water partition coefficient (Wildman–Crippen LogP) is 19.5. The van der Waals surface area contributed by atoms with Gasteiger partial charge in [0.2, 0.25) is 0 Å². The standard InChI is InChI=1S/C70H57N/c1-68(2,3)47-32-30-45(31-33-47)58-43-59(44-20-10-8-11-21-44)66-56-27-15-14-24-51(56)60-40-48(36-39-57(60)67(66)65(58)46-22-12-9-13-23-46)71(49-34-37-54-52-25-16-18-28-61(52)69(4,5)63(54)41-49)50-35-38-55-53-26-17-19-29-62(53)70(6,7)64(55)42-50/h8-43H,1-7H3. The molecule has 11 aromatic carbocycles. The Morgan fingerprint density at radius 3 is 1.34 bits per heavy atom. The van der Waals surface area contributed by atoms with Crippen molar-refractivity contribution >= 4 is 49.4 Å². The van der Waals surface area contributed by atoms with Gasteiger partial charge in [-0.25, -0.2) is 0 Å². The first-order valence-electron chi connectivity index (χ1n) is 25.3. The van der Waals surface area contributed by atoms with Crippen LogP contribution in [0, 0.1) is 0 Å². The van der Waals surface area contributed by atoms with E-state index in [9.17, 15) is 0 Å². The minimum atomic E-state index is -0.150. The predicted molar refractivity (Wildman–Crippen MR) is 304 cm³/mol. The molecule has 0 saturated heterocycles. The Kier molecular flexibility index (Phi) is 9.55. The molecule has 0 spiro atoms. The van der Waals surface area contributed by atoms with Crippen LogP contribution in [-0.2, 0) is 16.2 Å². The van der Waals surface area contributed by atoms with Crippen molar-refractivity contribution in [1.29, 1.82) is 0 Å². The van der Waals surface area contributed by atoms with Crippen LogP contribution in [0.25, 0.3) is 88.0 Å². The summed E-state index contributed by atoms with van der Waals surface area (Å²) in [5, 5.41) is 7.51. The van der Waals surface area contributed by atoms with E-state index >= 15 is 0 Å². The highest BCUT2D eigenvalue weighted by Gasteiger charge is 2.38. The third-order valence-electron chi connectivity index (χ3n) is 16.2. The van der Waals surface area contributed by atoms with Gasteiger partial charge < -0.3 is 4.90 Å². The van der Waals surface area contributed by atoms with E-state index < -0.39 is 0 Å². The molecule has 13 rings (SSSR count). The van der Waals surface area contributed by atoms with Gasteiger partial charge in [0.15, 0.2) is 0 Å². The molecule has 0 aromatic heterocycles. The second-order valence-electron chi connectivity index (χ2n) is 22.1. The first-order valence-corrected chi connectivity index (χ1v) is 25.3. The lowest BCUT2D eigenvalue weighted by atomic mass is 9.80. The topological polar surface area (TPSA) is 3.24 Å². The highest BCUT2D eigenvalue weighted by molar-refractivity contribution is 6.33. The third kappa shape index (κ3) is 6.59. The molecule has 71 heavy (non-hydrogen) atoms. The Morgan fingerprint density at radius 2 is 0.761 bits per heavy atom. The molecule has 0 bridgehead atoms. The van der Waals surface area contributed by atoms with Crippen LogP contribution in [-0.4, -0.2) is 0 Å². The number of rotatable bonds is 6. The van der Waals surface area contributed by atoms with Gasteiger partial charge in [0.05, 0.1) is 0 Å². The fraction of sp³-hybridized carbons (Fsp3) is 0.143. The SMILES string of the molecule is CC(C)(C)c1ccc(-c2cc(-c3ccccc3)c3c4ccccc4c4cc(N(c5ccc6c(c5)C(C)(C)c5ccccc5-6)c5ccc6c(c5)C(C)(C)c5ccccc5-6)ccc4c3c2-c2ccccc2)cc1. The van der Waals surface area contributed by atoms with Crippen molar-refractivity contribution < 1.29 is 0 Å². The zero-order valence-electron chi connectivity index (χ0n) is 41.7. The maximum atomic E-state index is 2.53. The summed E-state index contributed by atoms with van der Waals surface area (Å²) in [6, 6.07) is 82.7. The van der Waals surface area contributed by atoms with Gasteiger partial charge in [-0.05, 0) is 164 Å². The highest BCUT2D eigenvalue weighted by atomic mass is 15.1. The molecule has 0 heterocycles. The van der Waals surface area contributed by atoms with Crippen LogP contribution in [0.15, 0.2) is 218 Å². The monoisotopic (exact) mass is 911 g/mol. The zero-order valence-corrected chi connectivity index (χ0v) is 41.7. The lowest BCUT2D eigenvalue weighted by molar-refractivity contribution is 0.590. The molecule has 0 fully saturated rings. The molecule has 0 atom stereocenters. The molecule has 2 aliphatic carbocycles. The number of benzene rings is 11. The quantitative estimate of drug-likeness (QED) is 0.150. The van der Waals surface area contributed by atoms with E-state index in [1.807, 2.05) is 0 Å². The summed E-state index contributed by atoms with van der Waals surface area (Å²) in [7, 11) is 0. The minimum absolute atomic E-state index is 0.0437.